The van der Waals surface area contributed by atoms with E-state index in [1.165, 1.54) is 7.11 Å². The van der Waals surface area contributed by atoms with Gasteiger partial charge in [0, 0.05) is 17.1 Å². The molecular formula is C11H12N4O3. The van der Waals surface area contributed by atoms with Crippen LogP contribution in [0.2, 0.25) is 0 Å². The van der Waals surface area contributed by atoms with Crippen molar-refractivity contribution >= 4 is 28.7 Å². The summed E-state index contributed by atoms with van der Waals surface area (Å²) >= 11 is 0. The molecule has 2 rings (SSSR count). The molecule has 7 heteroatoms. The van der Waals surface area contributed by atoms with E-state index < -0.39 is 12.1 Å². The maximum atomic E-state index is 11.5. The van der Waals surface area contributed by atoms with E-state index in [-0.39, 0.29) is 0 Å². The summed E-state index contributed by atoms with van der Waals surface area (Å²) in [6.07, 6.45) is 0.923. The summed E-state index contributed by atoms with van der Waals surface area (Å²) in [5, 5.41) is 3.47. The van der Waals surface area contributed by atoms with Crippen LogP contribution in [0.4, 0.5) is 15.3 Å². The van der Waals surface area contributed by atoms with Crippen molar-refractivity contribution in [1.29, 1.82) is 0 Å². The van der Waals surface area contributed by atoms with Crippen LogP contribution >= 0.6 is 0 Å². The molecule has 1 heterocycles. The number of hydrogen-bond acceptors (Lipinski definition) is 3. The molecule has 94 valence electrons. The predicted octanol–water partition coefficient (Wildman–Crippen LogP) is 1.56. The van der Waals surface area contributed by atoms with E-state index in [9.17, 15) is 9.59 Å². The highest BCUT2D eigenvalue weighted by molar-refractivity contribution is 6.01. The minimum absolute atomic E-state index is 0.565. The molecule has 0 aliphatic carbocycles. The number of carbonyl (C=O) groups is 2. The second kappa shape index (κ2) is 5.09. The van der Waals surface area contributed by atoms with Gasteiger partial charge in [-0.05, 0) is 6.07 Å². The molecule has 0 fully saturated rings. The maximum Gasteiger partial charge on any atom is 0.425 e. The van der Waals surface area contributed by atoms with Crippen molar-refractivity contribution in [2.75, 3.05) is 12.4 Å². The van der Waals surface area contributed by atoms with Gasteiger partial charge >= 0.3 is 12.1 Å². The third-order valence-corrected chi connectivity index (χ3v) is 2.30. The van der Waals surface area contributed by atoms with Gasteiger partial charge in [-0.1, -0.05) is 18.2 Å². The average molecular weight is 248 g/mol. The van der Waals surface area contributed by atoms with Crippen LogP contribution in [0.1, 0.15) is 0 Å². The van der Waals surface area contributed by atoms with E-state index in [0.29, 0.717) is 5.69 Å². The van der Waals surface area contributed by atoms with Crippen LogP contribution in [0.25, 0.3) is 10.9 Å². The Hall–Kier alpha value is -2.70. The highest BCUT2D eigenvalue weighted by atomic mass is 16.5. The van der Waals surface area contributed by atoms with Gasteiger partial charge in [0.25, 0.3) is 0 Å². The van der Waals surface area contributed by atoms with Gasteiger partial charge in [0.2, 0.25) is 0 Å². The third kappa shape index (κ3) is 2.51. The number of methoxy groups -OCH3 is 1. The van der Waals surface area contributed by atoms with Crippen molar-refractivity contribution in [2.45, 2.75) is 0 Å². The Morgan fingerprint density at radius 2 is 2.00 bits per heavy atom. The fourth-order valence-corrected chi connectivity index (χ4v) is 1.49. The van der Waals surface area contributed by atoms with Crippen LogP contribution in [-0.2, 0) is 4.74 Å². The number of anilines is 1. The van der Waals surface area contributed by atoms with Crippen molar-refractivity contribution in [1.82, 2.24) is 15.8 Å². The fourth-order valence-electron chi connectivity index (χ4n) is 1.49. The lowest BCUT2D eigenvalue weighted by Gasteiger charge is -2.06. The molecule has 0 atom stereocenters. The number of carbonyl (C=O) groups excluding carboxylic acids is 2. The molecular weight excluding hydrogens is 236 g/mol. The largest absolute Gasteiger partial charge is 0.452 e. The molecule has 0 saturated heterocycles. The Balaban J connectivity index is 2.01. The number of urea groups is 1. The number of para-hydroxylation sites is 1. The zero-order valence-corrected chi connectivity index (χ0v) is 9.61. The van der Waals surface area contributed by atoms with E-state index in [1.807, 2.05) is 24.3 Å². The number of fused-ring (bicyclic) bond motifs is 1. The smallest absolute Gasteiger partial charge is 0.425 e. The molecule has 7 nitrogen and oxygen atoms in total. The number of amides is 3. The summed E-state index contributed by atoms with van der Waals surface area (Å²) in [7, 11) is 1.20. The first-order valence-corrected chi connectivity index (χ1v) is 5.18. The van der Waals surface area contributed by atoms with Crippen LogP contribution in [0, 0.1) is 0 Å². The van der Waals surface area contributed by atoms with Crippen LogP contribution in [0.3, 0.4) is 0 Å². The zero-order chi connectivity index (χ0) is 13.0. The lowest BCUT2D eigenvalue weighted by Crippen LogP contribution is -2.43. The molecule has 1 aromatic carbocycles. The van der Waals surface area contributed by atoms with Gasteiger partial charge in [-0.3, -0.25) is 0 Å². The number of nitrogens with one attached hydrogen (secondary N) is 4. The van der Waals surface area contributed by atoms with Crippen molar-refractivity contribution in [3.05, 3.63) is 30.5 Å². The average Bonchev–Trinajstić information content (AvgIpc) is 2.79. The number of rotatable bonds is 1. The third-order valence-electron chi connectivity index (χ3n) is 2.30. The molecule has 3 amide bonds. The maximum absolute atomic E-state index is 11.5. The van der Waals surface area contributed by atoms with E-state index in [4.69, 9.17) is 0 Å². The van der Waals surface area contributed by atoms with Crippen LogP contribution < -0.4 is 16.2 Å². The number of hydrogen-bond donors (Lipinski definition) is 4. The van der Waals surface area contributed by atoms with Crippen LogP contribution in [-0.4, -0.2) is 24.2 Å². The van der Waals surface area contributed by atoms with Gasteiger partial charge in [-0.25, -0.2) is 20.4 Å². The van der Waals surface area contributed by atoms with Gasteiger partial charge in [0.1, 0.15) is 0 Å². The first-order chi connectivity index (χ1) is 8.70. The number of aromatic amines is 1. The number of benzene rings is 1. The minimum Gasteiger partial charge on any atom is -0.452 e. The molecule has 0 unspecified atom stereocenters. The summed E-state index contributed by atoms with van der Waals surface area (Å²) in [6.45, 7) is 0. The van der Waals surface area contributed by atoms with E-state index >= 15 is 0 Å². The molecule has 0 aliphatic rings. The molecule has 0 spiro atoms. The molecule has 1 aromatic heterocycles. The monoisotopic (exact) mass is 248 g/mol. The molecule has 0 saturated carbocycles. The summed E-state index contributed by atoms with van der Waals surface area (Å²) in [5.74, 6) is 0. The van der Waals surface area contributed by atoms with Gasteiger partial charge in [-0.2, -0.15) is 0 Å². The standard InChI is InChI=1S/C11H12N4O3/c1-18-11(17)15-14-10(16)13-9-6-12-8-5-3-2-4-7(8)9/h2-6,12H,1H3,(H,15,17)(H2,13,14,16). The number of aromatic nitrogens is 1. The second-order valence-electron chi connectivity index (χ2n) is 3.44. The first-order valence-electron chi connectivity index (χ1n) is 5.18. The van der Waals surface area contributed by atoms with E-state index in [0.717, 1.165) is 10.9 Å². The summed E-state index contributed by atoms with van der Waals surface area (Å²) in [4.78, 5) is 25.2. The summed E-state index contributed by atoms with van der Waals surface area (Å²) in [6, 6.07) is 6.96. The highest BCUT2D eigenvalue weighted by Crippen LogP contribution is 2.21. The zero-order valence-electron chi connectivity index (χ0n) is 9.61. The summed E-state index contributed by atoms with van der Waals surface area (Å²) < 4.78 is 4.31. The molecule has 0 aliphatic heterocycles. The number of H-pyrrole nitrogens is 1. The highest BCUT2D eigenvalue weighted by Gasteiger charge is 2.07. The Morgan fingerprint density at radius 3 is 2.78 bits per heavy atom. The first kappa shape index (κ1) is 11.8. The Labute approximate surface area is 102 Å². The quantitative estimate of drug-likeness (QED) is 0.577. The Kier molecular flexibility index (Phi) is 3.33. The number of hydrazine groups is 1. The molecule has 18 heavy (non-hydrogen) atoms. The molecule has 0 bridgehead atoms. The van der Waals surface area contributed by atoms with Crippen molar-refractivity contribution in [3.63, 3.8) is 0 Å². The van der Waals surface area contributed by atoms with E-state index in [2.05, 4.69) is 25.9 Å². The Morgan fingerprint density at radius 1 is 1.22 bits per heavy atom. The van der Waals surface area contributed by atoms with Gasteiger partial charge in [0.15, 0.2) is 0 Å². The topological polar surface area (TPSA) is 95.2 Å². The molecule has 2 aromatic rings. The van der Waals surface area contributed by atoms with Crippen molar-refractivity contribution in [2.24, 2.45) is 0 Å². The fraction of sp³-hybridized carbons (Fsp3) is 0.0909. The SMILES string of the molecule is COC(=O)NNC(=O)Nc1c[nH]c2ccccc12. The number of ether oxygens (including phenoxy) is 1. The van der Waals surface area contributed by atoms with Crippen molar-refractivity contribution in [3.8, 4) is 0 Å². The summed E-state index contributed by atoms with van der Waals surface area (Å²) in [5.41, 5.74) is 5.74. The van der Waals surface area contributed by atoms with Crippen molar-refractivity contribution < 1.29 is 14.3 Å². The normalized spacial score (nSPS) is 9.83. The lowest BCUT2D eigenvalue weighted by molar-refractivity contribution is 0.166. The van der Waals surface area contributed by atoms with Gasteiger partial charge in [0.05, 0.1) is 12.8 Å². The van der Waals surface area contributed by atoms with Gasteiger partial charge < -0.3 is 15.0 Å². The van der Waals surface area contributed by atoms with Crippen LogP contribution in [0.15, 0.2) is 30.5 Å². The van der Waals surface area contributed by atoms with Crippen LogP contribution in [0.5, 0.6) is 0 Å². The molecule has 4 N–H and O–H groups in total. The van der Waals surface area contributed by atoms with Gasteiger partial charge in [-0.15, -0.1) is 0 Å². The predicted molar refractivity (Wildman–Crippen MR) is 66.0 cm³/mol. The second-order valence-corrected chi connectivity index (χ2v) is 3.44. The molecule has 0 radical (unpaired) electrons. The Bertz CT molecular complexity index is 578. The minimum atomic E-state index is -0.746. The lowest BCUT2D eigenvalue weighted by atomic mass is 10.2. The van der Waals surface area contributed by atoms with E-state index in [1.54, 1.807) is 6.20 Å².